The van der Waals surface area contributed by atoms with Crippen molar-refractivity contribution in [1.82, 2.24) is 4.98 Å². The minimum Gasteiger partial charge on any atom is -0.383 e. The number of Topliss-reactive ketones (excluding diaryl/α,β-unsaturated/α-hetero) is 1. The van der Waals surface area contributed by atoms with Crippen molar-refractivity contribution in [2.75, 3.05) is 12.3 Å². The van der Waals surface area contributed by atoms with Crippen LogP contribution in [0.2, 0.25) is 0 Å². The molecule has 19 heavy (non-hydrogen) atoms. The molecule has 0 aliphatic carbocycles. The predicted octanol–water partition coefficient (Wildman–Crippen LogP) is 2.56. The summed E-state index contributed by atoms with van der Waals surface area (Å²) < 4.78 is 0. The van der Waals surface area contributed by atoms with Gasteiger partial charge in [-0.2, -0.15) is 0 Å². The maximum atomic E-state index is 12.3. The summed E-state index contributed by atoms with van der Waals surface area (Å²) in [5.74, 6) is 1.46. The number of hydrogen-bond acceptors (Lipinski definition) is 4. The van der Waals surface area contributed by atoms with Gasteiger partial charge in [0.1, 0.15) is 5.82 Å². The van der Waals surface area contributed by atoms with Crippen LogP contribution in [0.1, 0.15) is 49.0 Å². The molecule has 0 fully saturated rings. The first-order chi connectivity index (χ1) is 8.97. The molecule has 1 rings (SSSR count). The van der Waals surface area contributed by atoms with Crippen LogP contribution in [0.4, 0.5) is 5.82 Å². The molecule has 0 saturated carbocycles. The fourth-order valence-electron chi connectivity index (χ4n) is 2.41. The lowest BCUT2D eigenvalue weighted by molar-refractivity contribution is 0.0969. The monoisotopic (exact) mass is 263 g/mol. The average Bonchev–Trinajstić information content (AvgIpc) is 2.33. The van der Waals surface area contributed by atoms with Gasteiger partial charge in [-0.1, -0.05) is 13.8 Å². The van der Waals surface area contributed by atoms with Crippen molar-refractivity contribution in [2.45, 2.75) is 40.0 Å². The molecule has 106 valence electrons. The molecule has 0 saturated heterocycles. The van der Waals surface area contributed by atoms with Crippen LogP contribution < -0.4 is 11.5 Å². The Bertz CT molecular complexity index is 409. The first-order valence-corrected chi connectivity index (χ1v) is 6.91. The maximum Gasteiger partial charge on any atom is 0.166 e. The Hall–Kier alpha value is -1.42. The number of nitrogens with zero attached hydrogens (tertiary/aromatic N) is 1. The molecule has 4 heteroatoms. The summed E-state index contributed by atoms with van der Waals surface area (Å²) in [5.41, 5.74) is 12.9. The Morgan fingerprint density at radius 2 is 2.05 bits per heavy atom. The Balaban J connectivity index is 2.69. The number of aromatic nitrogens is 1. The number of anilines is 1. The molecule has 0 bridgehead atoms. The molecule has 1 aromatic rings. The van der Waals surface area contributed by atoms with Gasteiger partial charge in [0.2, 0.25) is 0 Å². The van der Waals surface area contributed by atoms with Gasteiger partial charge >= 0.3 is 0 Å². The fourth-order valence-corrected chi connectivity index (χ4v) is 2.41. The second-order valence-corrected chi connectivity index (χ2v) is 5.43. The normalized spacial score (nSPS) is 12.7. The van der Waals surface area contributed by atoms with Crippen molar-refractivity contribution in [3.05, 3.63) is 23.4 Å². The highest BCUT2D eigenvalue weighted by molar-refractivity contribution is 6.01. The number of carbonyl (C=O) groups is 1. The molecule has 0 spiro atoms. The number of nitrogen functional groups attached to an aromatic ring is 1. The third-order valence-corrected chi connectivity index (χ3v) is 3.69. The van der Waals surface area contributed by atoms with E-state index in [1.807, 2.05) is 13.0 Å². The highest BCUT2D eigenvalue weighted by Gasteiger charge is 2.18. The third-order valence-electron chi connectivity index (χ3n) is 3.69. The fraction of sp³-hybridized carbons (Fsp3) is 0.600. The average molecular weight is 263 g/mol. The lowest BCUT2D eigenvalue weighted by atomic mass is 9.86. The van der Waals surface area contributed by atoms with E-state index >= 15 is 0 Å². The maximum absolute atomic E-state index is 12.3. The summed E-state index contributed by atoms with van der Waals surface area (Å²) in [6.45, 7) is 6.92. The first kappa shape index (κ1) is 15.6. The number of hydrogen-bond donors (Lipinski definition) is 2. The molecule has 4 nitrogen and oxygen atoms in total. The van der Waals surface area contributed by atoms with Gasteiger partial charge in [0.15, 0.2) is 5.78 Å². The quantitative estimate of drug-likeness (QED) is 0.741. The van der Waals surface area contributed by atoms with Crippen LogP contribution in [0.25, 0.3) is 0 Å². The molecule has 0 aromatic carbocycles. The summed E-state index contributed by atoms with van der Waals surface area (Å²) in [7, 11) is 0. The van der Waals surface area contributed by atoms with Gasteiger partial charge in [-0.3, -0.25) is 4.79 Å². The van der Waals surface area contributed by atoms with Gasteiger partial charge in [-0.15, -0.1) is 0 Å². The van der Waals surface area contributed by atoms with Gasteiger partial charge in [-0.25, -0.2) is 4.98 Å². The zero-order valence-electron chi connectivity index (χ0n) is 12.1. The molecule has 1 aromatic heterocycles. The molecule has 1 unspecified atom stereocenters. The zero-order chi connectivity index (χ0) is 14.4. The van der Waals surface area contributed by atoms with E-state index in [0.717, 1.165) is 18.4 Å². The standard InChI is InChI=1S/C15H25N3O/c1-10(2)12(6-8-16)4-5-13(19)14-11(3)7-9-18-15(14)17/h7,9-10,12H,4-6,8,16H2,1-3H3,(H2,17,18). The van der Waals surface area contributed by atoms with Gasteiger partial charge in [-0.05, 0) is 49.8 Å². The minimum atomic E-state index is 0.0887. The first-order valence-electron chi connectivity index (χ1n) is 6.91. The topological polar surface area (TPSA) is 82.0 Å². The van der Waals surface area contributed by atoms with Crippen molar-refractivity contribution >= 4 is 11.6 Å². The van der Waals surface area contributed by atoms with E-state index in [-0.39, 0.29) is 5.78 Å². The van der Waals surface area contributed by atoms with Gasteiger partial charge < -0.3 is 11.5 Å². The van der Waals surface area contributed by atoms with Crippen molar-refractivity contribution in [2.24, 2.45) is 17.6 Å². The van der Waals surface area contributed by atoms with E-state index in [1.54, 1.807) is 6.20 Å². The molecule has 0 amide bonds. The summed E-state index contributed by atoms with van der Waals surface area (Å²) in [6.07, 6.45) is 3.97. The van der Waals surface area contributed by atoms with E-state index in [4.69, 9.17) is 11.5 Å². The Morgan fingerprint density at radius 3 is 2.58 bits per heavy atom. The van der Waals surface area contributed by atoms with Crippen LogP contribution in [0.15, 0.2) is 12.3 Å². The molecular formula is C15H25N3O. The van der Waals surface area contributed by atoms with Crippen LogP contribution >= 0.6 is 0 Å². The molecule has 0 aliphatic rings. The van der Waals surface area contributed by atoms with Crippen LogP contribution in [0.3, 0.4) is 0 Å². The highest BCUT2D eigenvalue weighted by Crippen LogP contribution is 2.23. The number of pyridine rings is 1. The second kappa shape index (κ2) is 7.24. The number of rotatable bonds is 7. The molecule has 0 aliphatic heterocycles. The molecule has 0 radical (unpaired) electrons. The molecule has 1 atom stereocenters. The van der Waals surface area contributed by atoms with E-state index < -0.39 is 0 Å². The van der Waals surface area contributed by atoms with Gasteiger partial charge in [0.25, 0.3) is 0 Å². The lowest BCUT2D eigenvalue weighted by Gasteiger charge is -2.19. The third kappa shape index (κ3) is 4.31. The Morgan fingerprint density at radius 1 is 1.37 bits per heavy atom. The number of carbonyl (C=O) groups excluding carboxylic acids is 1. The number of aryl methyl sites for hydroxylation is 1. The summed E-state index contributed by atoms with van der Waals surface area (Å²) in [6, 6.07) is 1.82. The van der Waals surface area contributed by atoms with Crippen molar-refractivity contribution in [1.29, 1.82) is 0 Å². The molecule has 4 N–H and O–H groups in total. The van der Waals surface area contributed by atoms with E-state index in [9.17, 15) is 4.79 Å². The van der Waals surface area contributed by atoms with Crippen LogP contribution in [-0.2, 0) is 0 Å². The van der Waals surface area contributed by atoms with Crippen molar-refractivity contribution in [3.8, 4) is 0 Å². The largest absolute Gasteiger partial charge is 0.383 e. The van der Waals surface area contributed by atoms with Crippen LogP contribution in [-0.4, -0.2) is 17.3 Å². The SMILES string of the molecule is Cc1ccnc(N)c1C(=O)CCC(CCN)C(C)C. The van der Waals surface area contributed by atoms with Crippen molar-refractivity contribution in [3.63, 3.8) is 0 Å². The molecular weight excluding hydrogens is 238 g/mol. The van der Waals surface area contributed by atoms with Crippen LogP contribution in [0, 0.1) is 18.8 Å². The molecule has 1 heterocycles. The van der Waals surface area contributed by atoms with Gasteiger partial charge in [0, 0.05) is 12.6 Å². The highest BCUT2D eigenvalue weighted by atomic mass is 16.1. The number of ketones is 1. The van der Waals surface area contributed by atoms with Crippen molar-refractivity contribution < 1.29 is 4.79 Å². The van der Waals surface area contributed by atoms with E-state index in [0.29, 0.717) is 36.2 Å². The summed E-state index contributed by atoms with van der Waals surface area (Å²) in [5, 5.41) is 0. The number of nitrogens with two attached hydrogens (primary N) is 2. The van der Waals surface area contributed by atoms with Crippen LogP contribution in [0.5, 0.6) is 0 Å². The summed E-state index contributed by atoms with van der Waals surface area (Å²) >= 11 is 0. The Kier molecular flexibility index (Phi) is 5.96. The second-order valence-electron chi connectivity index (χ2n) is 5.43. The predicted molar refractivity (Wildman–Crippen MR) is 79.0 cm³/mol. The lowest BCUT2D eigenvalue weighted by Crippen LogP contribution is -2.16. The zero-order valence-corrected chi connectivity index (χ0v) is 12.1. The minimum absolute atomic E-state index is 0.0887. The summed E-state index contributed by atoms with van der Waals surface area (Å²) in [4.78, 5) is 16.3. The Labute approximate surface area is 115 Å². The van der Waals surface area contributed by atoms with Gasteiger partial charge in [0.05, 0.1) is 5.56 Å². The van der Waals surface area contributed by atoms with E-state index in [1.165, 1.54) is 0 Å². The van der Waals surface area contributed by atoms with E-state index in [2.05, 4.69) is 18.8 Å². The smallest absolute Gasteiger partial charge is 0.166 e.